The summed E-state index contributed by atoms with van der Waals surface area (Å²) in [5, 5.41) is 2.55. The molecule has 0 saturated carbocycles. The number of benzene rings is 1. The molecule has 1 aliphatic rings. The Morgan fingerprint density at radius 2 is 2.18 bits per heavy atom. The fraction of sp³-hybridized carbons (Fsp3) is 0.273. The van der Waals surface area contributed by atoms with Gasteiger partial charge in [0.05, 0.1) is 18.2 Å². The predicted octanol–water partition coefficient (Wildman–Crippen LogP) is 4.75. The molecule has 0 fully saturated rings. The maximum absolute atomic E-state index is 12.8. The van der Waals surface area contributed by atoms with Gasteiger partial charge in [-0.3, -0.25) is 9.69 Å². The van der Waals surface area contributed by atoms with Crippen LogP contribution in [0.4, 0.5) is 0 Å². The number of hydrogen-bond acceptors (Lipinski definition) is 5. The molecular formula is C22H21N3O2S. The van der Waals surface area contributed by atoms with Gasteiger partial charge in [0, 0.05) is 17.0 Å². The van der Waals surface area contributed by atoms with Crippen molar-refractivity contribution in [2.24, 2.45) is 0 Å². The lowest BCUT2D eigenvalue weighted by Crippen LogP contribution is -2.29. The second-order valence-corrected chi connectivity index (χ2v) is 8.20. The Bertz CT molecular complexity index is 1180. The van der Waals surface area contributed by atoms with Crippen LogP contribution in [0.5, 0.6) is 0 Å². The van der Waals surface area contributed by atoms with Crippen LogP contribution in [0.25, 0.3) is 21.5 Å². The second kappa shape index (κ2) is 7.04. The topological polar surface area (TPSA) is 62.1 Å². The Labute approximate surface area is 166 Å². The first-order valence-corrected chi connectivity index (χ1v) is 10.4. The Morgan fingerprint density at radius 3 is 3.04 bits per heavy atom. The molecule has 1 aliphatic carbocycles. The van der Waals surface area contributed by atoms with Crippen molar-refractivity contribution < 1.29 is 4.42 Å². The summed E-state index contributed by atoms with van der Waals surface area (Å²) in [6, 6.07) is 12.7. The Morgan fingerprint density at radius 1 is 1.29 bits per heavy atom. The molecule has 1 aromatic carbocycles. The van der Waals surface area contributed by atoms with Crippen LogP contribution in [0.15, 0.2) is 57.3 Å². The van der Waals surface area contributed by atoms with Crippen LogP contribution in [0, 0.1) is 0 Å². The van der Waals surface area contributed by atoms with E-state index >= 15 is 0 Å². The highest BCUT2D eigenvalue weighted by molar-refractivity contribution is 7.17. The van der Waals surface area contributed by atoms with E-state index in [0.29, 0.717) is 29.6 Å². The first-order chi connectivity index (χ1) is 13.7. The smallest absolute Gasteiger partial charge is 0.260 e. The van der Waals surface area contributed by atoms with E-state index in [0.717, 1.165) is 23.2 Å². The van der Waals surface area contributed by atoms with Crippen LogP contribution in [-0.2, 0) is 13.0 Å². The summed E-state index contributed by atoms with van der Waals surface area (Å²) in [5.74, 6) is 1.40. The molecule has 1 N–H and O–H groups in total. The van der Waals surface area contributed by atoms with E-state index < -0.39 is 0 Å². The average Bonchev–Trinajstić information content (AvgIpc) is 3.37. The van der Waals surface area contributed by atoms with Gasteiger partial charge in [-0.15, -0.1) is 11.3 Å². The molecule has 0 saturated heterocycles. The molecule has 1 unspecified atom stereocenters. The first kappa shape index (κ1) is 17.4. The molecule has 0 bridgehead atoms. The standard InChI is InChI=1S/C22H21N3O2S/c1-25(17-9-4-7-14-6-2-3-8-15(14)17)12-19-23-21(26)20-16(13-28-22(20)24-19)18-10-5-11-27-18/h2-3,5-6,8,10-11,13,17H,4,7,9,12H2,1H3,(H,23,24,26). The lowest BCUT2D eigenvalue weighted by molar-refractivity contribution is 0.208. The van der Waals surface area contributed by atoms with E-state index in [-0.39, 0.29) is 5.56 Å². The predicted molar refractivity (Wildman–Crippen MR) is 112 cm³/mol. The summed E-state index contributed by atoms with van der Waals surface area (Å²) >= 11 is 1.48. The van der Waals surface area contributed by atoms with Crippen LogP contribution in [0.1, 0.15) is 35.8 Å². The first-order valence-electron chi connectivity index (χ1n) is 9.53. The van der Waals surface area contributed by atoms with Gasteiger partial charge in [-0.05, 0) is 49.6 Å². The number of rotatable bonds is 4. The van der Waals surface area contributed by atoms with Crippen molar-refractivity contribution in [1.29, 1.82) is 0 Å². The molecule has 142 valence electrons. The van der Waals surface area contributed by atoms with Gasteiger partial charge in [-0.1, -0.05) is 24.3 Å². The molecule has 4 aromatic rings. The lowest BCUT2D eigenvalue weighted by Gasteiger charge is -2.33. The number of H-pyrrole nitrogens is 1. The SMILES string of the molecule is CN(Cc1nc2scc(-c3ccco3)c2c(=O)[nH]1)C1CCCc2ccccc21. The summed E-state index contributed by atoms with van der Waals surface area (Å²) in [5.41, 5.74) is 3.53. The van der Waals surface area contributed by atoms with Gasteiger partial charge < -0.3 is 9.40 Å². The minimum absolute atomic E-state index is 0.106. The minimum Gasteiger partial charge on any atom is -0.464 e. The van der Waals surface area contributed by atoms with Crippen molar-refractivity contribution >= 4 is 21.6 Å². The van der Waals surface area contributed by atoms with E-state index in [9.17, 15) is 4.79 Å². The fourth-order valence-electron chi connectivity index (χ4n) is 4.21. The number of nitrogens with one attached hydrogen (secondary N) is 1. The van der Waals surface area contributed by atoms with Crippen LogP contribution >= 0.6 is 11.3 Å². The highest BCUT2D eigenvalue weighted by Crippen LogP contribution is 2.34. The average molecular weight is 391 g/mol. The quantitative estimate of drug-likeness (QED) is 0.545. The van der Waals surface area contributed by atoms with E-state index in [1.165, 1.54) is 28.9 Å². The van der Waals surface area contributed by atoms with E-state index in [1.807, 2.05) is 17.5 Å². The monoisotopic (exact) mass is 391 g/mol. The van der Waals surface area contributed by atoms with Crippen molar-refractivity contribution in [2.45, 2.75) is 31.8 Å². The van der Waals surface area contributed by atoms with Crippen molar-refractivity contribution in [3.8, 4) is 11.3 Å². The summed E-state index contributed by atoms with van der Waals surface area (Å²) in [6.07, 6.45) is 5.08. The Hall–Kier alpha value is -2.70. The van der Waals surface area contributed by atoms with Crippen molar-refractivity contribution in [2.75, 3.05) is 7.05 Å². The van der Waals surface area contributed by atoms with Crippen LogP contribution < -0.4 is 5.56 Å². The molecule has 3 heterocycles. The Kier molecular flexibility index (Phi) is 4.37. The van der Waals surface area contributed by atoms with E-state index in [1.54, 1.807) is 6.26 Å². The summed E-state index contributed by atoms with van der Waals surface area (Å²) in [4.78, 5) is 23.6. The van der Waals surface area contributed by atoms with Gasteiger partial charge in [0.15, 0.2) is 0 Å². The molecule has 5 nitrogen and oxygen atoms in total. The largest absolute Gasteiger partial charge is 0.464 e. The maximum atomic E-state index is 12.8. The molecule has 0 radical (unpaired) electrons. The van der Waals surface area contributed by atoms with Crippen molar-refractivity contribution in [3.63, 3.8) is 0 Å². The molecule has 6 heteroatoms. The third-order valence-corrected chi connectivity index (χ3v) is 6.42. The van der Waals surface area contributed by atoms with Crippen molar-refractivity contribution in [3.05, 3.63) is 75.3 Å². The third kappa shape index (κ3) is 2.99. The zero-order valence-corrected chi connectivity index (χ0v) is 16.5. The third-order valence-electron chi connectivity index (χ3n) is 5.55. The highest BCUT2D eigenvalue weighted by Gasteiger charge is 2.24. The number of thiophene rings is 1. The van der Waals surface area contributed by atoms with E-state index in [4.69, 9.17) is 9.40 Å². The summed E-state index contributed by atoms with van der Waals surface area (Å²) < 4.78 is 5.47. The maximum Gasteiger partial charge on any atom is 0.260 e. The summed E-state index contributed by atoms with van der Waals surface area (Å²) in [7, 11) is 2.11. The zero-order valence-electron chi connectivity index (χ0n) is 15.6. The number of aromatic nitrogens is 2. The zero-order chi connectivity index (χ0) is 19.1. The fourth-order valence-corrected chi connectivity index (χ4v) is 5.16. The molecule has 28 heavy (non-hydrogen) atoms. The van der Waals surface area contributed by atoms with Gasteiger partial charge in [-0.25, -0.2) is 4.98 Å². The lowest BCUT2D eigenvalue weighted by atomic mass is 9.87. The minimum atomic E-state index is -0.106. The molecular weight excluding hydrogens is 370 g/mol. The van der Waals surface area contributed by atoms with Gasteiger partial charge in [0.2, 0.25) is 0 Å². The number of nitrogens with zero attached hydrogens (tertiary/aromatic N) is 2. The second-order valence-electron chi connectivity index (χ2n) is 7.34. The van der Waals surface area contributed by atoms with E-state index in [2.05, 4.69) is 41.2 Å². The number of aryl methyl sites for hydroxylation is 1. The van der Waals surface area contributed by atoms with Gasteiger partial charge in [0.25, 0.3) is 5.56 Å². The van der Waals surface area contributed by atoms with Gasteiger partial charge in [0.1, 0.15) is 16.4 Å². The number of furan rings is 1. The highest BCUT2D eigenvalue weighted by atomic mass is 32.1. The Balaban J connectivity index is 1.46. The molecule has 1 atom stereocenters. The molecule has 0 spiro atoms. The van der Waals surface area contributed by atoms with Crippen molar-refractivity contribution in [1.82, 2.24) is 14.9 Å². The van der Waals surface area contributed by atoms with Gasteiger partial charge >= 0.3 is 0 Å². The molecule has 5 rings (SSSR count). The van der Waals surface area contributed by atoms with Crippen LogP contribution in [0.2, 0.25) is 0 Å². The van der Waals surface area contributed by atoms with Gasteiger partial charge in [-0.2, -0.15) is 0 Å². The number of fused-ring (bicyclic) bond motifs is 2. The van der Waals surface area contributed by atoms with Crippen LogP contribution in [-0.4, -0.2) is 21.9 Å². The number of hydrogen-bond donors (Lipinski definition) is 1. The van der Waals surface area contributed by atoms with Crippen LogP contribution in [0.3, 0.4) is 0 Å². The molecule has 0 amide bonds. The molecule has 0 aliphatic heterocycles. The molecule has 3 aromatic heterocycles. The summed E-state index contributed by atoms with van der Waals surface area (Å²) in [6.45, 7) is 0.609. The normalized spacial score (nSPS) is 16.6. The number of aromatic amines is 1.